The number of hydrogen-bond acceptors (Lipinski definition) is 4. The van der Waals surface area contributed by atoms with Gasteiger partial charge in [-0.15, -0.1) is 10.2 Å². The molecule has 0 aliphatic heterocycles. The Morgan fingerprint density at radius 3 is 2.52 bits per heavy atom. The molecule has 0 atom stereocenters. The fraction of sp³-hybridized carbons (Fsp3) is 0.267. The number of anilines is 2. The minimum Gasteiger partial charge on any atom is -0.348 e. The van der Waals surface area contributed by atoms with Crippen molar-refractivity contribution >= 4 is 29.0 Å². The molecule has 0 aliphatic rings. The fourth-order valence-corrected chi connectivity index (χ4v) is 1.99. The summed E-state index contributed by atoms with van der Waals surface area (Å²) in [5, 5.41) is 14.5. The molecule has 2 aromatic rings. The predicted molar refractivity (Wildman–Crippen MR) is 84.1 cm³/mol. The second-order valence-electron chi connectivity index (χ2n) is 5.02. The van der Waals surface area contributed by atoms with Crippen molar-refractivity contribution in [1.82, 2.24) is 15.5 Å². The smallest absolute Gasteiger partial charge is 0.271 e. The standard InChI is InChI=1S/C15H17ClN4O/c1-9(2)17-15(21)13-6-7-14(20-19-13)18-12-5-4-11(16)8-10(12)3/h4-9H,1-3H3,(H,17,21)(H,18,20). The molecule has 0 saturated carbocycles. The fourth-order valence-electron chi connectivity index (χ4n) is 1.76. The van der Waals surface area contributed by atoms with Crippen molar-refractivity contribution in [3.63, 3.8) is 0 Å². The van der Waals surface area contributed by atoms with E-state index < -0.39 is 0 Å². The number of aryl methyl sites for hydroxylation is 1. The van der Waals surface area contributed by atoms with Crippen LogP contribution in [0.1, 0.15) is 29.9 Å². The van der Waals surface area contributed by atoms with E-state index in [-0.39, 0.29) is 11.9 Å². The first-order valence-electron chi connectivity index (χ1n) is 6.63. The zero-order valence-corrected chi connectivity index (χ0v) is 12.9. The quantitative estimate of drug-likeness (QED) is 0.909. The van der Waals surface area contributed by atoms with Gasteiger partial charge in [0.1, 0.15) is 0 Å². The van der Waals surface area contributed by atoms with Crippen LogP contribution in [0.5, 0.6) is 0 Å². The van der Waals surface area contributed by atoms with Gasteiger partial charge in [-0.25, -0.2) is 0 Å². The molecular formula is C15H17ClN4O. The first-order valence-corrected chi connectivity index (χ1v) is 7.01. The minimum atomic E-state index is -0.230. The number of carbonyl (C=O) groups excluding carboxylic acids is 1. The Labute approximate surface area is 128 Å². The highest BCUT2D eigenvalue weighted by Crippen LogP contribution is 2.22. The normalized spacial score (nSPS) is 10.5. The molecule has 0 unspecified atom stereocenters. The summed E-state index contributed by atoms with van der Waals surface area (Å²) in [7, 11) is 0. The summed E-state index contributed by atoms with van der Waals surface area (Å²) in [5.74, 6) is 0.341. The highest BCUT2D eigenvalue weighted by Gasteiger charge is 2.09. The van der Waals surface area contributed by atoms with Gasteiger partial charge in [0, 0.05) is 16.8 Å². The van der Waals surface area contributed by atoms with Gasteiger partial charge in [-0.3, -0.25) is 4.79 Å². The maximum absolute atomic E-state index is 11.8. The zero-order chi connectivity index (χ0) is 15.4. The van der Waals surface area contributed by atoms with Gasteiger partial charge in [-0.2, -0.15) is 0 Å². The van der Waals surface area contributed by atoms with Gasteiger partial charge in [0.05, 0.1) is 0 Å². The van der Waals surface area contributed by atoms with E-state index in [4.69, 9.17) is 11.6 Å². The Bertz CT molecular complexity index is 641. The van der Waals surface area contributed by atoms with Gasteiger partial charge in [0.2, 0.25) is 0 Å². The van der Waals surface area contributed by atoms with E-state index in [0.29, 0.717) is 16.5 Å². The average molecular weight is 305 g/mol. The number of benzene rings is 1. The summed E-state index contributed by atoms with van der Waals surface area (Å²) < 4.78 is 0. The van der Waals surface area contributed by atoms with Crippen LogP contribution in [0.15, 0.2) is 30.3 Å². The van der Waals surface area contributed by atoms with Gasteiger partial charge in [-0.1, -0.05) is 11.6 Å². The molecule has 2 N–H and O–H groups in total. The number of aromatic nitrogens is 2. The topological polar surface area (TPSA) is 66.9 Å². The molecule has 21 heavy (non-hydrogen) atoms. The summed E-state index contributed by atoms with van der Waals surface area (Å²) in [5.41, 5.74) is 2.20. The summed E-state index contributed by atoms with van der Waals surface area (Å²) in [6.07, 6.45) is 0. The van der Waals surface area contributed by atoms with Crippen LogP contribution < -0.4 is 10.6 Å². The van der Waals surface area contributed by atoms with E-state index in [1.807, 2.05) is 32.9 Å². The Morgan fingerprint density at radius 2 is 1.95 bits per heavy atom. The first-order chi connectivity index (χ1) is 9.95. The Morgan fingerprint density at radius 1 is 1.19 bits per heavy atom. The number of halogens is 1. The second kappa shape index (κ2) is 6.54. The van der Waals surface area contributed by atoms with Crippen molar-refractivity contribution in [2.45, 2.75) is 26.8 Å². The first kappa shape index (κ1) is 15.3. The predicted octanol–water partition coefficient (Wildman–Crippen LogP) is 3.32. The maximum Gasteiger partial charge on any atom is 0.271 e. The lowest BCUT2D eigenvalue weighted by Gasteiger charge is -2.10. The Hall–Kier alpha value is -2.14. The molecule has 1 heterocycles. The molecule has 0 saturated heterocycles. The highest BCUT2D eigenvalue weighted by atomic mass is 35.5. The van der Waals surface area contributed by atoms with Crippen LogP contribution in [-0.2, 0) is 0 Å². The number of hydrogen-bond donors (Lipinski definition) is 2. The maximum atomic E-state index is 11.8. The molecule has 0 bridgehead atoms. The van der Waals surface area contributed by atoms with Crippen LogP contribution in [0, 0.1) is 6.92 Å². The minimum absolute atomic E-state index is 0.0637. The van der Waals surface area contributed by atoms with Crippen LogP contribution in [0.3, 0.4) is 0 Å². The summed E-state index contributed by atoms with van der Waals surface area (Å²) in [6, 6.07) is 8.96. The van der Waals surface area contributed by atoms with Crippen molar-refractivity contribution in [3.8, 4) is 0 Å². The lowest BCUT2D eigenvalue weighted by molar-refractivity contribution is 0.0937. The van der Waals surface area contributed by atoms with Crippen LogP contribution in [0.4, 0.5) is 11.5 Å². The van der Waals surface area contributed by atoms with E-state index >= 15 is 0 Å². The monoisotopic (exact) mass is 304 g/mol. The van der Waals surface area contributed by atoms with Gasteiger partial charge in [0.15, 0.2) is 11.5 Å². The van der Waals surface area contributed by atoms with Crippen LogP contribution >= 0.6 is 11.6 Å². The van der Waals surface area contributed by atoms with Gasteiger partial charge in [0.25, 0.3) is 5.91 Å². The number of rotatable bonds is 4. The summed E-state index contributed by atoms with van der Waals surface area (Å²) >= 11 is 5.92. The van der Waals surface area contributed by atoms with Crippen molar-refractivity contribution in [1.29, 1.82) is 0 Å². The van der Waals surface area contributed by atoms with Gasteiger partial charge >= 0.3 is 0 Å². The lowest BCUT2D eigenvalue weighted by atomic mass is 10.2. The summed E-state index contributed by atoms with van der Waals surface area (Å²) in [6.45, 7) is 5.74. The van der Waals surface area contributed by atoms with Crippen molar-refractivity contribution < 1.29 is 4.79 Å². The molecule has 0 fully saturated rings. The molecule has 2 rings (SSSR count). The molecule has 110 valence electrons. The Balaban J connectivity index is 2.10. The van der Waals surface area contributed by atoms with Crippen molar-refractivity contribution in [3.05, 3.63) is 46.6 Å². The third-order valence-corrected chi connectivity index (χ3v) is 3.00. The van der Waals surface area contributed by atoms with E-state index in [2.05, 4.69) is 20.8 Å². The molecule has 0 radical (unpaired) electrons. The second-order valence-corrected chi connectivity index (χ2v) is 5.45. The number of amides is 1. The Kier molecular flexibility index (Phi) is 4.75. The van der Waals surface area contributed by atoms with Crippen molar-refractivity contribution in [2.24, 2.45) is 0 Å². The molecular weight excluding hydrogens is 288 g/mol. The third-order valence-electron chi connectivity index (χ3n) is 2.77. The number of nitrogens with one attached hydrogen (secondary N) is 2. The van der Waals surface area contributed by atoms with Gasteiger partial charge in [-0.05, 0) is 56.7 Å². The van der Waals surface area contributed by atoms with E-state index in [1.165, 1.54) is 0 Å². The van der Waals surface area contributed by atoms with Crippen LogP contribution in [-0.4, -0.2) is 22.1 Å². The molecule has 0 aliphatic carbocycles. The molecule has 5 nitrogen and oxygen atoms in total. The molecule has 1 aromatic heterocycles. The van der Waals surface area contributed by atoms with Crippen LogP contribution in [0.2, 0.25) is 5.02 Å². The van der Waals surface area contributed by atoms with Crippen LogP contribution in [0.25, 0.3) is 0 Å². The molecule has 0 spiro atoms. The molecule has 1 amide bonds. The van der Waals surface area contributed by atoms with Gasteiger partial charge < -0.3 is 10.6 Å². The number of carbonyl (C=O) groups is 1. The molecule has 1 aromatic carbocycles. The van der Waals surface area contributed by atoms with E-state index in [9.17, 15) is 4.79 Å². The van der Waals surface area contributed by atoms with E-state index in [0.717, 1.165) is 11.3 Å². The highest BCUT2D eigenvalue weighted by molar-refractivity contribution is 6.30. The SMILES string of the molecule is Cc1cc(Cl)ccc1Nc1ccc(C(=O)NC(C)C)nn1. The zero-order valence-electron chi connectivity index (χ0n) is 12.1. The summed E-state index contributed by atoms with van der Waals surface area (Å²) in [4.78, 5) is 11.8. The number of nitrogens with zero attached hydrogens (tertiary/aromatic N) is 2. The largest absolute Gasteiger partial charge is 0.348 e. The third kappa shape index (κ3) is 4.16. The van der Waals surface area contributed by atoms with E-state index in [1.54, 1.807) is 18.2 Å². The van der Waals surface area contributed by atoms with Crippen molar-refractivity contribution in [2.75, 3.05) is 5.32 Å². The molecule has 6 heteroatoms. The lowest BCUT2D eigenvalue weighted by Crippen LogP contribution is -2.30. The average Bonchev–Trinajstić information content (AvgIpc) is 2.42.